The lowest BCUT2D eigenvalue weighted by molar-refractivity contribution is 0.520. The van der Waals surface area contributed by atoms with Crippen molar-refractivity contribution >= 4 is 32.4 Å². The first-order valence-corrected chi connectivity index (χ1v) is 11.9. The van der Waals surface area contributed by atoms with Crippen LogP contribution in [0.15, 0.2) is 37.1 Å². The standard InChI is InChI=1S/C20H27N5O5S/c1-4-7-10-25-18(21)17(19(26)23-20(25)27)24(5-2)12-16-22-14-11-13(31(28,29)6-3)8-9-15(14)30-16/h8-9,11H,4-7,10,12,21H2,1-3H3,(H,23,26,27). The molecule has 10 nitrogen and oxygen atoms in total. The van der Waals surface area contributed by atoms with Gasteiger partial charge in [0.1, 0.15) is 17.0 Å². The summed E-state index contributed by atoms with van der Waals surface area (Å²) in [5.41, 5.74) is 6.11. The highest BCUT2D eigenvalue weighted by molar-refractivity contribution is 7.91. The van der Waals surface area contributed by atoms with Crippen molar-refractivity contribution in [3.63, 3.8) is 0 Å². The third-order valence-electron chi connectivity index (χ3n) is 5.12. The van der Waals surface area contributed by atoms with Gasteiger partial charge in [-0.3, -0.25) is 14.3 Å². The zero-order chi connectivity index (χ0) is 22.8. The summed E-state index contributed by atoms with van der Waals surface area (Å²) in [6, 6.07) is 4.53. The largest absolute Gasteiger partial charge is 0.439 e. The third kappa shape index (κ3) is 4.50. The molecule has 0 bridgehead atoms. The molecule has 0 radical (unpaired) electrons. The van der Waals surface area contributed by atoms with Gasteiger partial charge in [-0.2, -0.15) is 0 Å². The number of oxazole rings is 1. The molecule has 0 aliphatic carbocycles. The monoisotopic (exact) mass is 449 g/mol. The highest BCUT2D eigenvalue weighted by atomic mass is 32.2. The van der Waals surface area contributed by atoms with E-state index >= 15 is 0 Å². The van der Waals surface area contributed by atoms with Crippen LogP contribution >= 0.6 is 0 Å². The molecule has 0 fully saturated rings. The number of nitrogens with two attached hydrogens (primary N) is 1. The Labute approximate surface area is 179 Å². The number of sulfone groups is 1. The molecule has 31 heavy (non-hydrogen) atoms. The molecule has 168 valence electrons. The van der Waals surface area contributed by atoms with Gasteiger partial charge in [0.05, 0.1) is 17.2 Å². The number of H-pyrrole nitrogens is 1. The maximum atomic E-state index is 12.5. The van der Waals surface area contributed by atoms with Crippen LogP contribution in [0.25, 0.3) is 11.1 Å². The van der Waals surface area contributed by atoms with E-state index in [1.807, 2.05) is 13.8 Å². The zero-order valence-electron chi connectivity index (χ0n) is 17.8. The molecule has 0 saturated carbocycles. The highest BCUT2D eigenvalue weighted by Crippen LogP contribution is 2.24. The minimum Gasteiger partial charge on any atom is -0.439 e. The van der Waals surface area contributed by atoms with E-state index in [-0.39, 0.29) is 28.7 Å². The first-order valence-electron chi connectivity index (χ1n) is 10.2. The number of nitrogens with one attached hydrogen (secondary N) is 1. The van der Waals surface area contributed by atoms with Gasteiger partial charge in [0, 0.05) is 13.1 Å². The van der Waals surface area contributed by atoms with Crippen LogP contribution in [-0.2, 0) is 22.9 Å². The van der Waals surface area contributed by atoms with E-state index in [9.17, 15) is 18.0 Å². The van der Waals surface area contributed by atoms with Crippen molar-refractivity contribution in [1.29, 1.82) is 0 Å². The number of nitrogen functional groups attached to an aromatic ring is 1. The molecule has 0 aliphatic rings. The second-order valence-corrected chi connectivity index (χ2v) is 9.43. The molecule has 2 heterocycles. The number of hydrogen-bond donors (Lipinski definition) is 2. The quantitative estimate of drug-likeness (QED) is 0.504. The summed E-state index contributed by atoms with van der Waals surface area (Å²) in [4.78, 5) is 33.3. The number of hydrogen-bond acceptors (Lipinski definition) is 8. The van der Waals surface area contributed by atoms with Crippen LogP contribution in [0.3, 0.4) is 0 Å². The van der Waals surface area contributed by atoms with E-state index in [0.717, 1.165) is 12.8 Å². The average molecular weight is 450 g/mol. The van der Waals surface area contributed by atoms with Crippen LogP contribution in [-0.4, -0.2) is 35.3 Å². The van der Waals surface area contributed by atoms with Crippen LogP contribution in [0.4, 0.5) is 11.5 Å². The minimum atomic E-state index is -3.37. The van der Waals surface area contributed by atoms with Gasteiger partial charge in [0.2, 0.25) is 5.89 Å². The molecule has 0 aliphatic heterocycles. The molecule has 2 aromatic heterocycles. The van der Waals surface area contributed by atoms with E-state index in [4.69, 9.17) is 10.2 Å². The zero-order valence-corrected chi connectivity index (χ0v) is 18.7. The second-order valence-electron chi connectivity index (χ2n) is 7.15. The Morgan fingerprint density at radius 2 is 1.97 bits per heavy atom. The van der Waals surface area contributed by atoms with Gasteiger partial charge in [0.15, 0.2) is 15.4 Å². The molecule has 0 saturated heterocycles. The lowest BCUT2D eigenvalue weighted by Gasteiger charge is -2.23. The van der Waals surface area contributed by atoms with Crippen molar-refractivity contribution in [2.45, 2.75) is 51.6 Å². The van der Waals surface area contributed by atoms with E-state index < -0.39 is 21.1 Å². The molecule has 3 N–H and O–H groups in total. The fourth-order valence-corrected chi connectivity index (χ4v) is 4.22. The van der Waals surface area contributed by atoms with E-state index in [1.165, 1.54) is 16.7 Å². The number of fused-ring (bicyclic) bond motifs is 1. The van der Waals surface area contributed by atoms with Gasteiger partial charge in [0.25, 0.3) is 5.56 Å². The number of aromatic nitrogens is 3. The molecule has 0 amide bonds. The van der Waals surface area contributed by atoms with Crippen molar-refractivity contribution in [2.24, 2.45) is 0 Å². The van der Waals surface area contributed by atoms with Gasteiger partial charge in [-0.25, -0.2) is 18.2 Å². The Bertz CT molecular complexity index is 1310. The molecule has 3 aromatic rings. The predicted octanol–water partition coefficient (Wildman–Crippen LogP) is 1.88. The van der Waals surface area contributed by atoms with Crippen molar-refractivity contribution in [1.82, 2.24) is 14.5 Å². The summed E-state index contributed by atoms with van der Waals surface area (Å²) in [7, 11) is -3.37. The van der Waals surface area contributed by atoms with Gasteiger partial charge < -0.3 is 15.1 Å². The SMILES string of the molecule is CCCCn1c(N)c(N(CC)Cc2nc3cc(S(=O)(=O)CC)ccc3o2)c(=O)[nH]c1=O. The van der Waals surface area contributed by atoms with E-state index in [0.29, 0.717) is 30.1 Å². The predicted molar refractivity (Wildman–Crippen MR) is 119 cm³/mol. The fraction of sp³-hybridized carbons (Fsp3) is 0.450. The summed E-state index contributed by atoms with van der Waals surface area (Å²) in [5.74, 6) is 0.382. The number of rotatable bonds is 9. The Hall–Kier alpha value is -3.08. The van der Waals surface area contributed by atoms with Gasteiger partial charge in [-0.05, 0) is 31.5 Å². The lowest BCUT2D eigenvalue weighted by Crippen LogP contribution is -2.38. The number of unbranched alkanes of at least 4 members (excludes halogenated alkanes) is 1. The number of benzene rings is 1. The van der Waals surface area contributed by atoms with Crippen LogP contribution in [0.1, 0.15) is 39.5 Å². The summed E-state index contributed by atoms with van der Waals surface area (Å²) in [6.45, 7) is 6.36. The summed E-state index contributed by atoms with van der Waals surface area (Å²) in [5, 5.41) is 0. The molecule has 3 rings (SSSR count). The summed E-state index contributed by atoms with van der Waals surface area (Å²) >= 11 is 0. The van der Waals surface area contributed by atoms with Crippen molar-refractivity contribution in [2.75, 3.05) is 22.9 Å². The highest BCUT2D eigenvalue weighted by Gasteiger charge is 2.21. The molecule has 0 spiro atoms. The fourth-order valence-electron chi connectivity index (χ4n) is 3.32. The Morgan fingerprint density at radius 3 is 2.61 bits per heavy atom. The summed E-state index contributed by atoms with van der Waals surface area (Å²) < 4.78 is 31.4. The summed E-state index contributed by atoms with van der Waals surface area (Å²) in [6.07, 6.45) is 1.62. The second kappa shape index (κ2) is 8.96. The molecule has 1 aromatic carbocycles. The third-order valence-corrected chi connectivity index (χ3v) is 6.85. The van der Waals surface area contributed by atoms with Crippen molar-refractivity contribution < 1.29 is 12.8 Å². The van der Waals surface area contributed by atoms with Crippen LogP contribution in [0.5, 0.6) is 0 Å². The Balaban J connectivity index is 1.99. The van der Waals surface area contributed by atoms with Gasteiger partial charge >= 0.3 is 5.69 Å². The number of aromatic amines is 1. The average Bonchev–Trinajstić information content (AvgIpc) is 3.14. The maximum Gasteiger partial charge on any atom is 0.330 e. The number of nitrogens with zero attached hydrogens (tertiary/aromatic N) is 3. The Morgan fingerprint density at radius 1 is 1.23 bits per heavy atom. The first kappa shape index (κ1) is 22.6. The van der Waals surface area contributed by atoms with Crippen LogP contribution in [0, 0.1) is 0 Å². The van der Waals surface area contributed by atoms with Crippen molar-refractivity contribution in [3.05, 3.63) is 44.9 Å². The van der Waals surface area contributed by atoms with Crippen molar-refractivity contribution in [3.8, 4) is 0 Å². The van der Waals surface area contributed by atoms with Gasteiger partial charge in [-0.1, -0.05) is 20.3 Å². The van der Waals surface area contributed by atoms with Crippen LogP contribution in [0.2, 0.25) is 0 Å². The van der Waals surface area contributed by atoms with E-state index in [2.05, 4.69) is 9.97 Å². The molecule has 11 heteroatoms. The normalized spacial score (nSPS) is 11.8. The molecular formula is C20H27N5O5S. The molecular weight excluding hydrogens is 422 g/mol. The van der Waals surface area contributed by atoms with Gasteiger partial charge in [-0.15, -0.1) is 0 Å². The topological polar surface area (TPSA) is 144 Å². The smallest absolute Gasteiger partial charge is 0.330 e. The first-order chi connectivity index (χ1) is 14.7. The van der Waals surface area contributed by atoms with Crippen LogP contribution < -0.4 is 21.9 Å². The van der Waals surface area contributed by atoms with E-state index in [1.54, 1.807) is 17.9 Å². The number of anilines is 2. The Kier molecular flexibility index (Phi) is 6.54. The molecule has 0 atom stereocenters. The minimum absolute atomic E-state index is 0.0113. The maximum absolute atomic E-state index is 12.5. The molecule has 0 unspecified atom stereocenters. The lowest BCUT2D eigenvalue weighted by atomic mass is 10.3.